The molecule has 25 heavy (non-hydrogen) atoms. The second-order valence-electron chi connectivity index (χ2n) is 5.99. The van der Waals surface area contributed by atoms with Crippen LogP contribution in [0.1, 0.15) is 17.7 Å². The number of halogens is 1. The van der Waals surface area contributed by atoms with Gasteiger partial charge in [0.05, 0.1) is 5.69 Å². The third-order valence-electron chi connectivity index (χ3n) is 4.41. The van der Waals surface area contributed by atoms with Crippen LogP contribution in [-0.4, -0.2) is 31.6 Å². The van der Waals surface area contributed by atoms with Crippen molar-refractivity contribution in [2.75, 3.05) is 25.1 Å². The third-order valence-corrected chi connectivity index (χ3v) is 5.53. The first-order chi connectivity index (χ1) is 12.1. The van der Waals surface area contributed by atoms with Crippen molar-refractivity contribution in [2.24, 2.45) is 0 Å². The smallest absolute Gasteiger partial charge is 0.313 e. The molecule has 5 nitrogen and oxygen atoms in total. The Morgan fingerprint density at radius 1 is 1.12 bits per heavy atom. The fourth-order valence-electron chi connectivity index (χ4n) is 2.92. The van der Waals surface area contributed by atoms with Crippen LogP contribution in [-0.2, 0) is 19.7 Å². The van der Waals surface area contributed by atoms with Crippen molar-refractivity contribution in [1.82, 2.24) is 5.32 Å². The average Bonchev–Trinajstić information content (AvgIpc) is 3.18. The lowest BCUT2D eigenvalue weighted by atomic mass is 9.78. The van der Waals surface area contributed by atoms with Gasteiger partial charge in [-0.2, -0.15) is 0 Å². The number of thiophene rings is 1. The summed E-state index contributed by atoms with van der Waals surface area (Å²) in [5.41, 5.74) is -0.234. The van der Waals surface area contributed by atoms with E-state index in [0.717, 1.165) is 12.8 Å². The van der Waals surface area contributed by atoms with Crippen molar-refractivity contribution in [3.05, 3.63) is 52.5 Å². The van der Waals surface area contributed by atoms with E-state index in [1.54, 1.807) is 17.4 Å². The van der Waals surface area contributed by atoms with E-state index < -0.39 is 17.6 Å². The van der Waals surface area contributed by atoms with Crippen LogP contribution in [0.2, 0.25) is 0 Å². The second kappa shape index (κ2) is 7.76. The van der Waals surface area contributed by atoms with Crippen LogP contribution >= 0.6 is 11.3 Å². The molecule has 0 bridgehead atoms. The molecule has 2 aromatic rings. The van der Waals surface area contributed by atoms with Gasteiger partial charge in [-0.15, -0.1) is 11.3 Å². The molecule has 1 aromatic carbocycles. The Kier molecular flexibility index (Phi) is 5.45. The molecule has 1 saturated heterocycles. The highest BCUT2D eigenvalue weighted by Crippen LogP contribution is 2.36. The maximum Gasteiger partial charge on any atom is 0.313 e. The van der Waals surface area contributed by atoms with Gasteiger partial charge in [-0.3, -0.25) is 9.59 Å². The first-order valence-electron chi connectivity index (χ1n) is 8.06. The van der Waals surface area contributed by atoms with E-state index in [0.29, 0.717) is 19.8 Å². The van der Waals surface area contributed by atoms with Crippen LogP contribution in [0, 0.1) is 5.82 Å². The molecule has 1 aromatic heterocycles. The monoisotopic (exact) mass is 362 g/mol. The largest absolute Gasteiger partial charge is 0.381 e. The van der Waals surface area contributed by atoms with Crippen LogP contribution in [0.4, 0.5) is 10.1 Å². The van der Waals surface area contributed by atoms with Gasteiger partial charge in [0.15, 0.2) is 0 Å². The lowest BCUT2D eigenvalue weighted by Crippen LogP contribution is -2.46. The lowest BCUT2D eigenvalue weighted by molar-refractivity contribution is -0.136. The summed E-state index contributed by atoms with van der Waals surface area (Å²) in [5, 5.41) is 6.99. The summed E-state index contributed by atoms with van der Waals surface area (Å²) in [6.45, 7) is 1.59. The van der Waals surface area contributed by atoms with E-state index in [9.17, 15) is 14.0 Å². The Bertz CT molecular complexity index is 743. The first kappa shape index (κ1) is 17.6. The molecule has 2 N–H and O–H groups in total. The SMILES string of the molecule is O=C(NCC1(c2cccs2)CCOCC1)C(=O)Nc1ccccc1F. The van der Waals surface area contributed by atoms with Crippen molar-refractivity contribution in [3.63, 3.8) is 0 Å². The van der Waals surface area contributed by atoms with E-state index in [4.69, 9.17) is 4.74 Å². The van der Waals surface area contributed by atoms with E-state index in [-0.39, 0.29) is 11.1 Å². The Morgan fingerprint density at radius 3 is 2.56 bits per heavy atom. The fourth-order valence-corrected chi connectivity index (χ4v) is 3.91. The molecule has 0 spiro atoms. The van der Waals surface area contributed by atoms with Gasteiger partial charge in [-0.05, 0) is 36.4 Å². The number of carbonyl (C=O) groups excluding carboxylic acids is 2. The number of ether oxygens (including phenoxy) is 1. The first-order valence-corrected chi connectivity index (χ1v) is 8.94. The summed E-state index contributed by atoms with van der Waals surface area (Å²) in [4.78, 5) is 25.3. The maximum atomic E-state index is 13.6. The Balaban J connectivity index is 1.64. The van der Waals surface area contributed by atoms with Crippen molar-refractivity contribution in [2.45, 2.75) is 18.3 Å². The summed E-state index contributed by atoms with van der Waals surface area (Å²) in [6.07, 6.45) is 1.56. The highest BCUT2D eigenvalue weighted by Gasteiger charge is 2.36. The molecule has 2 amide bonds. The van der Waals surface area contributed by atoms with Crippen LogP contribution in [0.5, 0.6) is 0 Å². The van der Waals surface area contributed by atoms with Gasteiger partial charge in [0.1, 0.15) is 5.82 Å². The van der Waals surface area contributed by atoms with Crippen molar-refractivity contribution in [3.8, 4) is 0 Å². The highest BCUT2D eigenvalue weighted by atomic mass is 32.1. The zero-order chi connectivity index (χ0) is 17.7. The molecular weight excluding hydrogens is 343 g/mol. The minimum atomic E-state index is -0.876. The number of benzene rings is 1. The third kappa shape index (κ3) is 4.05. The number of rotatable bonds is 4. The van der Waals surface area contributed by atoms with Gasteiger partial charge in [-0.1, -0.05) is 18.2 Å². The van der Waals surface area contributed by atoms with Gasteiger partial charge in [0.2, 0.25) is 0 Å². The predicted octanol–water partition coefficient (Wildman–Crippen LogP) is 2.69. The maximum absolute atomic E-state index is 13.6. The summed E-state index contributed by atoms with van der Waals surface area (Å²) in [5.74, 6) is -2.23. The zero-order valence-corrected chi connectivity index (χ0v) is 14.4. The van der Waals surface area contributed by atoms with E-state index in [2.05, 4.69) is 10.6 Å². The molecule has 7 heteroatoms. The number of anilines is 1. The molecule has 0 unspecified atom stereocenters. The normalized spacial score (nSPS) is 16.2. The van der Waals surface area contributed by atoms with E-state index in [1.807, 2.05) is 17.5 Å². The second-order valence-corrected chi connectivity index (χ2v) is 6.93. The van der Waals surface area contributed by atoms with Crippen LogP contribution in [0.15, 0.2) is 41.8 Å². The zero-order valence-electron chi connectivity index (χ0n) is 13.6. The number of nitrogens with one attached hydrogen (secondary N) is 2. The molecule has 1 aliphatic heterocycles. The Labute approximate surface area is 149 Å². The van der Waals surface area contributed by atoms with Gasteiger partial charge in [0, 0.05) is 30.1 Å². The Morgan fingerprint density at radius 2 is 1.88 bits per heavy atom. The van der Waals surface area contributed by atoms with Gasteiger partial charge >= 0.3 is 11.8 Å². The van der Waals surface area contributed by atoms with Crippen LogP contribution in [0.3, 0.4) is 0 Å². The topological polar surface area (TPSA) is 67.4 Å². The molecule has 3 rings (SSSR count). The molecule has 0 atom stereocenters. The summed E-state index contributed by atoms with van der Waals surface area (Å²) < 4.78 is 19.0. The molecule has 2 heterocycles. The molecule has 0 saturated carbocycles. The number of carbonyl (C=O) groups is 2. The molecule has 132 valence electrons. The number of para-hydroxylation sites is 1. The van der Waals surface area contributed by atoms with Crippen molar-refractivity contribution >= 4 is 28.8 Å². The van der Waals surface area contributed by atoms with E-state index >= 15 is 0 Å². The lowest BCUT2D eigenvalue weighted by Gasteiger charge is -2.36. The molecule has 0 aliphatic carbocycles. The van der Waals surface area contributed by atoms with Crippen LogP contribution < -0.4 is 10.6 Å². The quantitative estimate of drug-likeness (QED) is 0.822. The van der Waals surface area contributed by atoms with Gasteiger partial charge < -0.3 is 15.4 Å². The van der Waals surface area contributed by atoms with E-state index in [1.165, 1.54) is 23.1 Å². The fraction of sp³-hybridized carbons (Fsp3) is 0.333. The molecule has 1 aliphatic rings. The molecule has 1 fully saturated rings. The van der Waals surface area contributed by atoms with Gasteiger partial charge in [-0.25, -0.2) is 4.39 Å². The standard InChI is InChI=1S/C18H19FN2O3S/c19-13-4-1-2-5-14(13)21-17(23)16(22)20-12-18(7-9-24-10-8-18)15-6-3-11-25-15/h1-6,11H,7-10,12H2,(H,20,22)(H,21,23). The van der Waals surface area contributed by atoms with Crippen molar-refractivity contribution < 1.29 is 18.7 Å². The summed E-state index contributed by atoms with van der Waals surface area (Å²) in [6, 6.07) is 9.75. The molecular formula is C18H19FN2O3S. The minimum absolute atomic E-state index is 0.0123. The summed E-state index contributed by atoms with van der Waals surface area (Å²) in [7, 11) is 0. The number of hydrogen-bond donors (Lipinski definition) is 2. The average molecular weight is 362 g/mol. The minimum Gasteiger partial charge on any atom is -0.381 e. The van der Waals surface area contributed by atoms with Gasteiger partial charge in [0.25, 0.3) is 0 Å². The summed E-state index contributed by atoms with van der Waals surface area (Å²) >= 11 is 1.64. The van der Waals surface area contributed by atoms with Crippen molar-refractivity contribution in [1.29, 1.82) is 0 Å². The highest BCUT2D eigenvalue weighted by molar-refractivity contribution is 7.10. The Hall–Kier alpha value is -2.25. The number of hydrogen-bond acceptors (Lipinski definition) is 4. The number of amides is 2. The predicted molar refractivity (Wildman–Crippen MR) is 94.1 cm³/mol. The van der Waals surface area contributed by atoms with Crippen LogP contribution in [0.25, 0.3) is 0 Å². The molecule has 0 radical (unpaired) electrons.